The molecule has 140 valence electrons. The van der Waals surface area contributed by atoms with Crippen molar-refractivity contribution in [2.24, 2.45) is 0 Å². The zero-order valence-electron chi connectivity index (χ0n) is 15.2. The van der Waals surface area contributed by atoms with Gasteiger partial charge in [0.25, 0.3) is 5.91 Å². The number of carbonyl (C=O) groups is 1. The third-order valence-electron chi connectivity index (χ3n) is 4.03. The Morgan fingerprint density at radius 3 is 2.46 bits per heavy atom. The van der Waals surface area contributed by atoms with E-state index in [0.29, 0.717) is 17.9 Å². The number of carbonyl (C=O) groups excluding carboxylic acids is 1. The van der Waals surface area contributed by atoms with Crippen LogP contribution in [0.4, 0.5) is 5.82 Å². The van der Waals surface area contributed by atoms with E-state index < -0.39 is 10.0 Å². The number of anilines is 1. The topological polar surface area (TPSA) is 70.6 Å². The van der Waals surface area contributed by atoms with Gasteiger partial charge in [-0.3, -0.25) is 9.69 Å². The number of rotatable bonds is 6. The first-order valence-electron chi connectivity index (χ1n) is 8.20. The molecule has 1 aromatic carbocycles. The summed E-state index contributed by atoms with van der Waals surface area (Å²) in [6.45, 7) is 5.85. The molecule has 0 aliphatic rings. The predicted octanol–water partition coefficient (Wildman–Crippen LogP) is 3.54. The van der Waals surface area contributed by atoms with E-state index in [9.17, 15) is 13.2 Å². The van der Waals surface area contributed by atoms with Gasteiger partial charge in [-0.25, -0.2) is 13.4 Å². The molecule has 0 aliphatic carbocycles. The van der Waals surface area contributed by atoms with Crippen LogP contribution in [0.15, 0.2) is 52.0 Å². The molecule has 0 fully saturated rings. The number of aromatic nitrogens is 1. The second-order valence-electron chi connectivity index (χ2n) is 6.03. The van der Waals surface area contributed by atoms with E-state index in [1.807, 2.05) is 6.92 Å². The average Bonchev–Trinajstić information content (AvgIpc) is 2.63. The molecule has 0 unspecified atom stereocenters. The molecule has 0 aliphatic heterocycles. The predicted molar refractivity (Wildman–Crippen MR) is 106 cm³/mol. The number of nitrogens with zero attached hydrogens (tertiary/aromatic N) is 3. The van der Waals surface area contributed by atoms with Crippen LogP contribution in [0.1, 0.15) is 31.1 Å². The van der Waals surface area contributed by atoms with Crippen molar-refractivity contribution in [3.8, 4) is 0 Å². The van der Waals surface area contributed by atoms with Crippen molar-refractivity contribution in [2.75, 3.05) is 18.5 Å². The minimum Gasteiger partial charge on any atom is -0.293 e. The van der Waals surface area contributed by atoms with E-state index in [-0.39, 0.29) is 16.8 Å². The molecule has 8 heteroatoms. The van der Waals surface area contributed by atoms with Crippen LogP contribution >= 0.6 is 15.9 Å². The smallest absolute Gasteiger partial charge is 0.259 e. The average molecular weight is 440 g/mol. The van der Waals surface area contributed by atoms with Gasteiger partial charge in [0.15, 0.2) is 0 Å². The molecule has 2 aromatic rings. The minimum absolute atomic E-state index is 0.0966. The second-order valence-corrected chi connectivity index (χ2v) is 8.94. The van der Waals surface area contributed by atoms with E-state index in [1.54, 1.807) is 44.3 Å². The summed E-state index contributed by atoms with van der Waals surface area (Å²) >= 11 is 3.32. The molecule has 0 spiro atoms. The monoisotopic (exact) mass is 439 g/mol. The molecule has 0 saturated heterocycles. The van der Waals surface area contributed by atoms with Crippen LogP contribution in [0, 0.1) is 0 Å². The standard InChI is InChI=1S/C18H22BrN3O3S/c1-5-22(17-10-9-15(19)12-20-17)18(23)14-7-6-8-16(11-14)26(24,25)21(4)13(2)3/h6-13H,5H2,1-4H3. The van der Waals surface area contributed by atoms with Crippen molar-refractivity contribution >= 4 is 37.7 Å². The van der Waals surface area contributed by atoms with Crippen LogP contribution in [0.2, 0.25) is 0 Å². The highest BCUT2D eigenvalue weighted by atomic mass is 79.9. The van der Waals surface area contributed by atoms with Gasteiger partial charge in [0.1, 0.15) is 5.82 Å². The van der Waals surface area contributed by atoms with Crippen molar-refractivity contribution in [3.05, 3.63) is 52.6 Å². The number of hydrogen-bond acceptors (Lipinski definition) is 4. The summed E-state index contributed by atoms with van der Waals surface area (Å²) in [5.74, 6) is 0.208. The molecule has 26 heavy (non-hydrogen) atoms. The Morgan fingerprint density at radius 1 is 1.23 bits per heavy atom. The third-order valence-corrected chi connectivity index (χ3v) is 6.53. The molecule has 0 bridgehead atoms. The summed E-state index contributed by atoms with van der Waals surface area (Å²) < 4.78 is 27.5. The van der Waals surface area contributed by atoms with E-state index >= 15 is 0 Å². The number of sulfonamides is 1. The van der Waals surface area contributed by atoms with E-state index in [0.717, 1.165) is 4.47 Å². The Balaban J connectivity index is 2.39. The summed E-state index contributed by atoms with van der Waals surface area (Å²) in [7, 11) is -2.13. The van der Waals surface area contributed by atoms with Gasteiger partial charge in [-0.2, -0.15) is 4.31 Å². The van der Waals surface area contributed by atoms with Gasteiger partial charge in [-0.05, 0) is 67.0 Å². The molecule has 1 aromatic heterocycles. The maximum atomic E-state index is 12.9. The first-order valence-corrected chi connectivity index (χ1v) is 10.4. The van der Waals surface area contributed by atoms with Crippen LogP contribution in [0.3, 0.4) is 0 Å². The van der Waals surface area contributed by atoms with Crippen LogP contribution in [0.5, 0.6) is 0 Å². The summed E-state index contributed by atoms with van der Waals surface area (Å²) in [5, 5.41) is 0. The van der Waals surface area contributed by atoms with Crippen LogP contribution in [-0.4, -0.2) is 43.2 Å². The SMILES string of the molecule is CCN(C(=O)c1cccc(S(=O)(=O)N(C)C(C)C)c1)c1ccc(Br)cn1. The zero-order valence-corrected chi connectivity index (χ0v) is 17.6. The highest BCUT2D eigenvalue weighted by Crippen LogP contribution is 2.21. The molecule has 0 saturated carbocycles. The highest BCUT2D eigenvalue weighted by molar-refractivity contribution is 9.10. The lowest BCUT2D eigenvalue weighted by Crippen LogP contribution is -2.34. The quantitative estimate of drug-likeness (QED) is 0.689. The first-order chi connectivity index (χ1) is 12.2. The zero-order chi connectivity index (χ0) is 19.5. The Labute approximate surface area is 163 Å². The lowest BCUT2D eigenvalue weighted by molar-refractivity contribution is 0.0987. The van der Waals surface area contributed by atoms with Crippen molar-refractivity contribution in [1.82, 2.24) is 9.29 Å². The Hall–Kier alpha value is -1.77. The van der Waals surface area contributed by atoms with E-state index in [2.05, 4.69) is 20.9 Å². The van der Waals surface area contributed by atoms with E-state index in [1.165, 1.54) is 28.4 Å². The maximum Gasteiger partial charge on any atom is 0.259 e. The van der Waals surface area contributed by atoms with Gasteiger partial charge in [0.05, 0.1) is 4.90 Å². The Morgan fingerprint density at radius 2 is 1.92 bits per heavy atom. The second kappa shape index (κ2) is 8.28. The number of pyridine rings is 1. The normalized spacial score (nSPS) is 11.8. The molecule has 0 atom stereocenters. The van der Waals surface area contributed by atoms with Gasteiger partial charge >= 0.3 is 0 Å². The first kappa shape index (κ1) is 20.5. The van der Waals surface area contributed by atoms with Gasteiger partial charge in [0, 0.05) is 35.9 Å². The molecule has 6 nitrogen and oxygen atoms in total. The van der Waals surface area contributed by atoms with Crippen molar-refractivity contribution in [2.45, 2.75) is 31.7 Å². The summed E-state index contributed by atoms with van der Waals surface area (Å²) in [4.78, 5) is 18.8. The van der Waals surface area contributed by atoms with Crippen molar-refractivity contribution in [3.63, 3.8) is 0 Å². The molecular formula is C18H22BrN3O3S. The molecule has 0 N–H and O–H groups in total. The number of amides is 1. The molecule has 1 amide bonds. The Bertz CT molecular complexity index is 883. The van der Waals surface area contributed by atoms with Crippen LogP contribution in [0.25, 0.3) is 0 Å². The lowest BCUT2D eigenvalue weighted by Gasteiger charge is -2.22. The van der Waals surface area contributed by atoms with Crippen LogP contribution < -0.4 is 4.90 Å². The van der Waals surface area contributed by atoms with Crippen molar-refractivity contribution in [1.29, 1.82) is 0 Å². The summed E-state index contributed by atoms with van der Waals surface area (Å²) in [6.07, 6.45) is 1.61. The van der Waals surface area contributed by atoms with Gasteiger partial charge < -0.3 is 0 Å². The lowest BCUT2D eigenvalue weighted by atomic mass is 10.2. The number of halogens is 1. The number of benzene rings is 1. The van der Waals surface area contributed by atoms with Gasteiger partial charge in [0.2, 0.25) is 10.0 Å². The fourth-order valence-corrected chi connectivity index (χ4v) is 3.98. The van der Waals surface area contributed by atoms with Crippen LogP contribution in [-0.2, 0) is 10.0 Å². The number of hydrogen-bond donors (Lipinski definition) is 0. The van der Waals surface area contributed by atoms with Crippen molar-refractivity contribution < 1.29 is 13.2 Å². The highest BCUT2D eigenvalue weighted by Gasteiger charge is 2.25. The maximum absolute atomic E-state index is 12.9. The Kier molecular flexibility index (Phi) is 6.54. The largest absolute Gasteiger partial charge is 0.293 e. The molecule has 2 rings (SSSR count). The molecular weight excluding hydrogens is 418 g/mol. The van der Waals surface area contributed by atoms with Gasteiger partial charge in [-0.1, -0.05) is 6.07 Å². The molecule has 0 radical (unpaired) electrons. The molecule has 1 heterocycles. The summed E-state index contributed by atoms with van der Waals surface area (Å²) in [6, 6.07) is 9.46. The summed E-state index contributed by atoms with van der Waals surface area (Å²) in [5.41, 5.74) is 0.301. The van der Waals surface area contributed by atoms with Gasteiger partial charge in [-0.15, -0.1) is 0 Å². The minimum atomic E-state index is -3.66. The third kappa shape index (κ3) is 4.31. The van der Waals surface area contributed by atoms with E-state index in [4.69, 9.17) is 0 Å². The fourth-order valence-electron chi connectivity index (χ4n) is 2.33. The fraction of sp³-hybridized carbons (Fsp3) is 0.333.